The van der Waals surface area contributed by atoms with Crippen molar-refractivity contribution in [2.24, 2.45) is 0 Å². The Morgan fingerprint density at radius 1 is 1.00 bits per heavy atom. The number of hydrogen-bond acceptors (Lipinski definition) is 1. The van der Waals surface area contributed by atoms with Crippen LogP contribution in [0.2, 0.25) is 0 Å². The van der Waals surface area contributed by atoms with Gasteiger partial charge < -0.3 is 4.90 Å². The molecule has 0 aliphatic rings. The lowest BCUT2D eigenvalue weighted by Crippen LogP contribution is -2.28. The second kappa shape index (κ2) is 6.90. The first-order chi connectivity index (χ1) is 9.70. The van der Waals surface area contributed by atoms with Crippen LogP contribution in [0, 0.1) is 0 Å². The van der Waals surface area contributed by atoms with E-state index in [-0.39, 0.29) is 5.91 Å². The molecule has 2 aromatic rings. The van der Waals surface area contributed by atoms with Gasteiger partial charge in [-0.15, -0.1) is 0 Å². The maximum absolute atomic E-state index is 12.4. The number of likely N-dealkylation sites (N-methyl/N-ethyl adjacent to an activating group) is 1. The highest BCUT2D eigenvalue weighted by molar-refractivity contribution is 5.94. The van der Waals surface area contributed by atoms with Gasteiger partial charge in [-0.3, -0.25) is 4.79 Å². The van der Waals surface area contributed by atoms with Crippen LogP contribution in [-0.4, -0.2) is 24.4 Å². The Bertz CT molecular complexity index is 563. The lowest BCUT2D eigenvalue weighted by Gasteiger charge is -2.17. The average Bonchev–Trinajstić information content (AvgIpc) is 2.53. The maximum atomic E-state index is 12.4. The van der Waals surface area contributed by atoms with E-state index in [1.165, 1.54) is 11.1 Å². The number of nitrogens with zero attached hydrogens (tertiary/aromatic N) is 1. The Labute approximate surface area is 121 Å². The van der Waals surface area contributed by atoms with Gasteiger partial charge in [0.2, 0.25) is 0 Å². The molecule has 0 spiro atoms. The van der Waals surface area contributed by atoms with Crippen LogP contribution < -0.4 is 0 Å². The molecular formula is C18H21NO. The molecule has 0 radical (unpaired) electrons. The summed E-state index contributed by atoms with van der Waals surface area (Å²) in [5.41, 5.74) is 3.24. The van der Waals surface area contributed by atoms with Crippen LogP contribution in [0.15, 0.2) is 54.6 Å². The number of carbonyl (C=O) groups excluding carboxylic acids is 1. The molecule has 1 amide bonds. The summed E-state index contributed by atoms with van der Waals surface area (Å²) < 4.78 is 0. The molecule has 2 aromatic carbocycles. The van der Waals surface area contributed by atoms with Crippen molar-refractivity contribution >= 4 is 5.91 Å². The van der Waals surface area contributed by atoms with E-state index in [1.807, 2.05) is 43.4 Å². The highest BCUT2D eigenvalue weighted by atomic mass is 16.2. The number of aryl methyl sites for hydroxylation is 1. The Kier molecular flexibility index (Phi) is 4.94. The van der Waals surface area contributed by atoms with Crippen LogP contribution in [0.4, 0.5) is 0 Å². The zero-order valence-electron chi connectivity index (χ0n) is 12.2. The molecule has 20 heavy (non-hydrogen) atoms. The second-order valence-corrected chi connectivity index (χ2v) is 5.02. The fourth-order valence-corrected chi connectivity index (χ4v) is 2.19. The van der Waals surface area contributed by atoms with E-state index >= 15 is 0 Å². The number of amides is 1. The summed E-state index contributed by atoms with van der Waals surface area (Å²) in [4.78, 5) is 14.2. The summed E-state index contributed by atoms with van der Waals surface area (Å²) in [5.74, 6) is 0.0937. The minimum Gasteiger partial charge on any atom is -0.341 e. The van der Waals surface area contributed by atoms with Gasteiger partial charge in [0, 0.05) is 19.2 Å². The molecular weight excluding hydrogens is 246 g/mol. The fourth-order valence-electron chi connectivity index (χ4n) is 2.19. The van der Waals surface area contributed by atoms with Crippen LogP contribution in [-0.2, 0) is 12.8 Å². The van der Waals surface area contributed by atoms with Crippen LogP contribution in [0.3, 0.4) is 0 Å². The molecule has 0 aliphatic heterocycles. The first-order valence-electron chi connectivity index (χ1n) is 7.09. The molecule has 0 atom stereocenters. The van der Waals surface area contributed by atoms with Crippen LogP contribution in [0.25, 0.3) is 0 Å². The van der Waals surface area contributed by atoms with E-state index in [2.05, 4.69) is 25.1 Å². The van der Waals surface area contributed by atoms with Crippen LogP contribution in [0.1, 0.15) is 28.4 Å². The summed E-state index contributed by atoms with van der Waals surface area (Å²) in [7, 11) is 1.86. The molecule has 2 heteroatoms. The predicted molar refractivity (Wildman–Crippen MR) is 82.9 cm³/mol. The number of hydrogen-bond donors (Lipinski definition) is 0. The van der Waals surface area contributed by atoms with E-state index < -0.39 is 0 Å². The van der Waals surface area contributed by atoms with Crippen LogP contribution >= 0.6 is 0 Å². The first kappa shape index (κ1) is 14.3. The van der Waals surface area contributed by atoms with Gasteiger partial charge in [-0.05, 0) is 36.1 Å². The number of benzene rings is 2. The molecule has 0 aliphatic carbocycles. The Balaban J connectivity index is 1.98. The average molecular weight is 267 g/mol. The van der Waals surface area contributed by atoms with E-state index in [0.717, 1.165) is 24.9 Å². The van der Waals surface area contributed by atoms with E-state index in [9.17, 15) is 4.79 Å². The molecule has 0 saturated carbocycles. The standard InChI is InChI=1S/C18H21NO/c1-3-15-10-7-11-17(14-15)18(20)19(2)13-12-16-8-5-4-6-9-16/h4-11,14H,3,12-13H2,1-2H3. The van der Waals surface area contributed by atoms with Crippen molar-refractivity contribution in [1.82, 2.24) is 4.90 Å². The first-order valence-corrected chi connectivity index (χ1v) is 7.09. The zero-order valence-corrected chi connectivity index (χ0v) is 12.2. The normalized spacial score (nSPS) is 10.3. The van der Waals surface area contributed by atoms with Crippen molar-refractivity contribution in [2.45, 2.75) is 19.8 Å². The molecule has 0 heterocycles. The van der Waals surface area contributed by atoms with Gasteiger partial charge in [-0.2, -0.15) is 0 Å². The van der Waals surface area contributed by atoms with E-state index in [4.69, 9.17) is 0 Å². The molecule has 2 nitrogen and oxygen atoms in total. The highest BCUT2D eigenvalue weighted by Crippen LogP contribution is 2.09. The van der Waals surface area contributed by atoms with Gasteiger partial charge in [-0.25, -0.2) is 0 Å². The highest BCUT2D eigenvalue weighted by Gasteiger charge is 2.11. The summed E-state index contributed by atoms with van der Waals surface area (Å²) >= 11 is 0. The molecule has 0 fully saturated rings. The monoisotopic (exact) mass is 267 g/mol. The fraction of sp³-hybridized carbons (Fsp3) is 0.278. The predicted octanol–water partition coefficient (Wildman–Crippen LogP) is 3.56. The Morgan fingerprint density at radius 2 is 1.70 bits per heavy atom. The van der Waals surface area contributed by atoms with Crippen molar-refractivity contribution < 1.29 is 4.79 Å². The van der Waals surface area contributed by atoms with Crippen molar-refractivity contribution in [1.29, 1.82) is 0 Å². The summed E-state index contributed by atoms with van der Waals surface area (Å²) in [5, 5.41) is 0. The van der Waals surface area contributed by atoms with Gasteiger partial charge in [-0.1, -0.05) is 49.4 Å². The minimum atomic E-state index is 0.0937. The van der Waals surface area contributed by atoms with Crippen molar-refractivity contribution in [3.05, 3.63) is 71.3 Å². The number of carbonyl (C=O) groups is 1. The van der Waals surface area contributed by atoms with Gasteiger partial charge in [0.05, 0.1) is 0 Å². The Morgan fingerprint density at radius 3 is 2.40 bits per heavy atom. The van der Waals surface area contributed by atoms with Gasteiger partial charge in [0.15, 0.2) is 0 Å². The topological polar surface area (TPSA) is 20.3 Å². The lowest BCUT2D eigenvalue weighted by atomic mass is 10.1. The molecule has 0 saturated heterocycles. The van der Waals surface area contributed by atoms with Gasteiger partial charge in [0.1, 0.15) is 0 Å². The molecule has 0 aromatic heterocycles. The largest absolute Gasteiger partial charge is 0.341 e. The third-order valence-electron chi connectivity index (χ3n) is 3.51. The third-order valence-corrected chi connectivity index (χ3v) is 3.51. The molecule has 0 bridgehead atoms. The molecule has 2 rings (SSSR count). The summed E-state index contributed by atoms with van der Waals surface area (Å²) in [6.45, 7) is 2.84. The van der Waals surface area contributed by atoms with Crippen molar-refractivity contribution in [3.8, 4) is 0 Å². The smallest absolute Gasteiger partial charge is 0.253 e. The lowest BCUT2D eigenvalue weighted by molar-refractivity contribution is 0.0796. The van der Waals surface area contributed by atoms with Crippen LogP contribution in [0.5, 0.6) is 0 Å². The van der Waals surface area contributed by atoms with Crippen molar-refractivity contribution in [3.63, 3.8) is 0 Å². The molecule has 104 valence electrons. The van der Waals surface area contributed by atoms with Gasteiger partial charge in [0.25, 0.3) is 5.91 Å². The SMILES string of the molecule is CCc1cccc(C(=O)N(C)CCc2ccccc2)c1. The summed E-state index contributed by atoms with van der Waals surface area (Å²) in [6.07, 6.45) is 1.84. The third kappa shape index (κ3) is 3.70. The summed E-state index contributed by atoms with van der Waals surface area (Å²) in [6, 6.07) is 18.1. The molecule has 0 unspecified atom stereocenters. The number of rotatable bonds is 5. The zero-order chi connectivity index (χ0) is 14.4. The quantitative estimate of drug-likeness (QED) is 0.811. The minimum absolute atomic E-state index is 0.0937. The van der Waals surface area contributed by atoms with E-state index in [1.54, 1.807) is 4.90 Å². The molecule has 0 N–H and O–H groups in total. The second-order valence-electron chi connectivity index (χ2n) is 5.02. The van der Waals surface area contributed by atoms with E-state index in [0.29, 0.717) is 0 Å². The van der Waals surface area contributed by atoms with Gasteiger partial charge >= 0.3 is 0 Å². The van der Waals surface area contributed by atoms with Crippen molar-refractivity contribution in [2.75, 3.05) is 13.6 Å². The maximum Gasteiger partial charge on any atom is 0.253 e. The Hall–Kier alpha value is -2.09.